The number of halogens is 1. The number of aryl methyl sites for hydroxylation is 1. The molecule has 45 heavy (non-hydrogen) atoms. The number of anilines is 1. The zero-order valence-electron chi connectivity index (χ0n) is 23.8. The van der Waals surface area contributed by atoms with Crippen LogP contribution in [0.15, 0.2) is 76.6 Å². The molecule has 3 heterocycles. The molecule has 2 aliphatic carbocycles. The van der Waals surface area contributed by atoms with Gasteiger partial charge in [-0.05, 0) is 67.0 Å². The van der Waals surface area contributed by atoms with Crippen LogP contribution in [0.2, 0.25) is 0 Å². The third-order valence-electron chi connectivity index (χ3n) is 9.86. The number of nitrogens with one attached hydrogen (secondary N) is 1. The van der Waals surface area contributed by atoms with E-state index >= 15 is 0 Å². The van der Waals surface area contributed by atoms with E-state index in [1.165, 1.54) is 53.1 Å². The average molecular weight is 644 g/mol. The number of non-ortho nitro benzene ring substituents is 1. The molecule has 2 saturated carbocycles. The fourth-order valence-corrected chi connectivity index (χ4v) is 11.0. The van der Waals surface area contributed by atoms with Crippen LogP contribution in [-0.4, -0.2) is 27.0 Å². The number of aromatic nitrogens is 1. The monoisotopic (exact) mass is 643 g/mol. The number of nitrogens with zero attached hydrogens (tertiary/aromatic N) is 2. The van der Waals surface area contributed by atoms with Crippen LogP contribution in [0, 0.1) is 52.4 Å². The summed E-state index contributed by atoms with van der Waals surface area (Å²) in [5, 5.41) is 12.6. The summed E-state index contributed by atoms with van der Waals surface area (Å²) in [5.41, 5.74) is 2.90. The molecule has 4 aromatic rings. The van der Waals surface area contributed by atoms with Crippen molar-refractivity contribution in [3.63, 3.8) is 0 Å². The van der Waals surface area contributed by atoms with Gasteiger partial charge in [-0.1, -0.05) is 41.2 Å². The summed E-state index contributed by atoms with van der Waals surface area (Å²) in [5.74, 6) is -2.59. The Labute approximate surface area is 264 Å². The highest BCUT2D eigenvalue weighted by Gasteiger charge is 2.70. The van der Waals surface area contributed by atoms with Crippen LogP contribution >= 0.6 is 23.1 Å². The van der Waals surface area contributed by atoms with Crippen molar-refractivity contribution in [1.82, 2.24) is 4.98 Å². The number of thioether (sulfide) groups is 1. The molecule has 3 fully saturated rings. The Bertz CT molecular complexity index is 1940. The fraction of sp³-hybridized carbons (Fsp3) is 0.303. The predicted molar refractivity (Wildman–Crippen MR) is 166 cm³/mol. The number of H-pyrrole nitrogens is 1. The highest BCUT2D eigenvalue weighted by molar-refractivity contribution is 8.00. The van der Waals surface area contributed by atoms with Crippen LogP contribution in [-0.2, 0) is 16.2 Å². The quantitative estimate of drug-likeness (QED) is 0.154. The molecule has 228 valence electrons. The maximum atomic E-state index is 14.0. The molecule has 0 radical (unpaired) electrons. The Morgan fingerprint density at radius 3 is 2.42 bits per heavy atom. The van der Waals surface area contributed by atoms with Gasteiger partial charge in [0, 0.05) is 33.7 Å². The SMILES string of the molecule is Cc1ccc(COc2ccc([N+](=O)[O-])cc2[C@H]2c3sc(=O)[nH]c3SC3C4CC(C5C(=O)N(c6ccc(F)cc6)C(=O)C45)C32)cc1. The number of imide groups is 1. The smallest absolute Gasteiger partial charge is 0.305 e. The van der Waals surface area contributed by atoms with Gasteiger partial charge in [0.1, 0.15) is 18.2 Å². The van der Waals surface area contributed by atoms with E-state index in [2.05, 4.69) is 4.98 Å². The van der Waals surface area contributed by atoms with E-state index in [4.69, 9.17) is 4.74 Å². The molecule has 3 aromatic carbocycles. The van der Waals surface area contributed by atoms with Crippen LogP contribution in [0.25, 0.3) is 0 Å². The largest absolute Gasteiger partial charge is 0.489 e. The number of hydrogen-bond donors (Lipinski definition) is 1. The lowest BCUT2D eigenvalue weighted by atomic mass is 9.68. The van der Waals surface area contributed by atoms with Crippen LogP contribution in [0.3, 0.4) is 0 Å². The second-order valence-electron chi connectivity index (χ2n) is 12.2. The molecule has 7 atom stereocenters. The van der Waals surface area contributed by atoms with Crippen molar-refractivity contribution in [3.05, 3.63) is 114 Å². The summed E-state index contributed by atoms with van der Waals surface area (Å²) in [6.07, 6.45) is 0.663. The van der Waals surface area contributed by atoms with Crippen molar-refractivity contribution in [2.45, 2.75) is 36.1 Å². The molecular formula is C33H26FN3O6S2. The van der Waals surface area contributed by atoms with E-state index in [-0.39, 0.29) is 52.0 Å². The molecule has 8 rings (SSSR count). The van der Waals surface area contributed by atoms with Crippen LogP contribution in [0.5, 0.6) is 5.75 Å². The zero-order valence-corrected chi connectivity index (χ0v) is 25.5. The second kappa shape index (κ2) is 10.4. The number of nitro groups is 1. The van der Waals surface area contributed by atoms with Crippen molar-refractivity contribution >= 4 is 46.3 Å². The summed E-state index contributed by atoms with van der Waals surface area (Å²) >= 11 is 2.62. The number of amides is 2. The van der Waals surface area contributed by atoms with E-state index in [0.29, 0.717) is 28.4 Å². The topological polar surface area (TPSA) is 123 Å². The van der Waals surface area contributed by atoms with Crippen LogP contribution < -0.4 is 14.5 Å². The van der Waals surface area contributed by atoms with Crippen molar-refractivity contribution in [2.75, 3.05) is 4.90 Å². The molecule has 1 aromatic heterocycles. The maximum absolute atomic E-state index is 14.0. The van der Waals surface area contributed by atoms with Gasteiger partial charge in [-0.3, -0.25) is 29.4 Å². The Kier molecular flexibility index (Phi) is 6.51. The highest BCUT2D eigenvalue weighted by Crippen LogP contribution is 2.69. The van der Waals surface area contributed by atoms with E-state index in [1.54, 1.807) is 6.07 Å². The molecule has 12 heteroatoms. The summed E-state index contributed by atoms with van der Waals surface area (Å²) in [4.78, 5) is 56.7. The Hall–Kier alpha value is -4.29. The van der Waals surface area contributed by atoms with E-state index in [9.17, 15) is 28.9 Å². The molecule has 2 aliphatic heterocycles. The van der Waals surface area contributed by atoms with E-state index in [0.717, 1.165) is 27.3 Å². The number of carbonyl (C=O) groups is 2. The van der Waals surface area contributed by atoms with Gasteiger partial charge in [0.25, 0.3) is 5.69 Å². The highest BCUT2D eigenvalue weighted by atomic mass is 32.2. The normalized spacial score (nSPS) is 27.8. The molecule has 6 unspecified atom stereocenters. The standard InChI is InChI=1S/C33H26FN3O6S2/c1-15-2-4-16(5-3-15)14-43-23-11-10-19(37(41)42)12-20(23)24-25-21-13-22(28(25)44-30-29(24)45-33(40)35-30)27-26(21)31(38)36(32(27)39)18-8-6-17(34)7-9-18/h2-12,21-22,24-28H,13-14H2,1H3,(H,35,40)/t21?,22?,24-,25?,26?,27?,28?/m1/s1. The van der Waals surface area contributed by atoms with Gasteiger partial charge in [0.2, 0.25) is 11.8 Å². The van der Waals surface area contributed by atoms with Gasteiger partial charge in [-0.15, -0.1) is 11.8 Å². The lowest BCUT2D eigenvalue weighted by molar-refractivity contribution is -0.385. The molecular weight excluding hydrogens is 618 g/mol. The number of fused-ring (bicyclic) bond motifs is 9. The first-order chi connectivity index (χ1) is 21.7. The van der Waals surface area contributed by atoms with Gasteiger partial charge >= 0.3 is 4.87 Å². The molecule has 2 amide bonds. The van der Waals surface area contributed by atoms with Gasteiger partial charge < -0.3 is 9.72 Å². The van der Waals surface area contributed by atoms with Crippen molar-refractivity contribution in [1.29, 1.82) is 0 Å². The Morgan fingerprint density at radius 1 is 1.00 bits per heavy atom. The summed E-state index contributed by atoms with van der Waals surface area (Å²) in [7, 11) is 0. The van der Waals surface area contributed by atoms with Crippen LogP contribution in [0.4, 0.5) is 15.8 Å². The lowest BCUT2D eigenvalue weighted by Crippen LogP contribution is -2.42. The zero-order chi connectivity index (χ0) is 31.1. The number of aromatic amines is 1. The number of rotatable bonds is 6. The van der Waals surface area contributed by atoms with E-state index in [1.807, 2.05) is 31.2 Å². The predicted octanol–water partition coefficient (Wildman–Crippen LogP) is 6.05. The van der Waals surface area contributed by atoms with Crippen LogP contribution in [0.1, 0.15) is 33.9 Å². The number of hydrogen-bond acceptors (Lipinski definition) is 8. The summed E-state index contributed by atoms with van der Waals surface area (Å²) in [6, 6.07) is 17.8. The first kappa shape index (κ1) is 28.2. The lowest BCUT2D eigenvalue weighted by Gasteiger charge is -2.43. The Morgan fingerprint density at radius 2 is 1.71 bits per heavy atom. The van der Waals surface area contributed by atoms with Gasteiger partial charge in [0.15, 0.2) is 0 Å². The minimum Gasteiger partial charge on any atom is -0.489 e. The number of ether oxygens (including phenoxy) is 1. The van der Waals surface area contributed by atoms with Crippen molar-refractivity contribution in [3.8, 4) is 5.75 Å². The molecule has 0 spiro atoms. The maximum Gasteiger partial charge on any atom is 0.305 e. The Balaban J connectivity index is 1.22. The van der Waals surface area contributed by atoms with Gasteiger partial charge in [-0.2, -0.15) is 0 Å². The molecule has 1 N–H and O–H groups in total. The molecule has 4 aliphatic rings. The fourth-order valence-electron chi connectivity index (χ4n) is 8.08. The molecule has 2 bridgehead atoms. The summed E-state index contributed by atoms with van der Waals surface area (Å²) < 4.78 is 20.0. The number of thiazole rings is 1. The van der Waals surface area contributed by atoms with E-state index < -0.39 is 28.5 Å². The summed E-state index contributed by atoms with van der Waals surface area (Å²) in [6.45, 7) is 2.24. The first-order valence-electron chi connectivity index (χ1n) is 14.7. The minimum atomic E-state index is -0.565. The first-order valence-corrected chi connectivity index (χ1v) is 16.4. The molecule has 1 saturated heterocycles. The third kappa shape index (κ3) is 4.37. The second-order valence-corrected chi connectivity index (χ2v) is 14.4. The number of benzene rings is 3. The number of carbonyl (C=O) groups excluding carboxylic acids is 2. The number of nitro benzene ring substituents is 1. The average Bonchev–Trinajstić information content (AvgIpc) is 3.76. The van der Waals surface area contributed by atoms with Crippen molar-refractivity contribution < 1.29 is 23.6 Å². The van der Waals surface area contributed by atoms with Gasteiger partial charge in [-0.25, -0.2) is 4.39 Å². The van der Waals surface area contributed by atoms with Gasteiger partial charge in [0.05, 0.1) is 27.5 Å². The minimum absolute atomic E-state index is 0.0949. The van der Waals surface area contributed by atoms with Crippen molar-refractivity contribution in [2.24, 2.45) is 29.6 Å². The third-order valence-corrected chi connectivity index (χ3v) is 12.5. The molecule has 9 nitrogen and oxygen atoms in total.